The van der Waals surface area contributed by atoms with E-state index in [0.29, 0.717) is 0 Å². The highest BCUT2D eigenvalue weighted by Crippen LogP contribution is 2.29. The first-order valence-corrected chi connectivity index (χ1v) is 7.32. The minimum absolute atomic E-state index is 0.937. The van der Waals surface area contributed by atoms with Crippen LogP contribution in [0.3, 0.4) is 0 Å². The summed E-state index contributed by atoms with van der Waals surface area (Å²) >= 11 is 7.11. The van der Waals surface area contributed by atoms with Gasteiger partial charge in [-0.15, -0.1) is 0 Å². The zero-order valence-corrected chi connectivity index (χ0v) is 11.8. The zero-order chi connectivity index (χ0) is 10.7. The molecule has 1 aliphatic heterocycles. The van der Waals surface area contributed by atoms with Crippen LogP contribution >= 0.6 is 31.9 Å². The summed E-state index contributed by atoms with van der Waals surface area (Å²) in [6, 6.07) is 6.55. The van der Waals surface area contributed by atoms with Crippen molar-refractivity contribution in [1.82, 2.24) is 0 Å². The lowest BCUT2D eigenvalue weighted by molar-refractivity contribution is 0.577. The van der Waals surface area contributed by atoms with E-state index in [-0.39, 0.29) is 0 Å². The molecular formula is C12H15Br2N. The first-order valence-electron chi connectivity index (χ1n) is 5.40. The summed E-state index contributed by atoms with van der Waals surface area (Å²) in [5.74, 6) is 0. The maximum Gasteiger partial charge on any atom is 0.0418 e. The molecule has 0 bridgehead atoms. The van der Waals surface area contributed by atoms with Gasteiger partial charge in [-0.25, -0.2) is 0 Å². The van der Waals surface area contributed by atoms with E-state index in [9.17, 15) is 0 Å². The maximum absolute atomic E-state index is 3.56. The summed E-state index contributed by atoms with van der Waals surface area (Å²) < 4.78 is 1.17. The van der Waals surface area contributed by atoms with Crippen LogP contribution in [0.15, 0.2) is 22.7 Å². The molecule has 0 amide bonds. The molecule has 1 fully saturated rings. The van der Waals surface area contributed by atoms with Crippen LogP contribution in [0.5, 0.6) is 0 Å². The Morgan fingerprint density at radius 3 is 2.53 bits per heavy atom. The van der Waals surface area contributed by atoms with E-state index < -0.39 is 0 Å². The van der Waals surface area contributed by atoms with Crippen LogP contribution in [0.4, 0.5) is 5.69 Å². The van der Waals surface area contributed by atoms with E-state index in [0.717, 1.165) is 5.33 Å². The lowest BCUT2D eigenvalue weighted by atomic mass is 10.1. The normalized spacial score (nSPS) is 16.8. The van der Waals surface area contributed by atoms with Gasteiger partial charge in [-0.2, -0.15) is 0 Å². The van der Waals surface area contributed by atoms with Gasteiger partial charge in [-0.05, 0) is 37.0 Å². The molecule has 0 spiro atoms. The van der Waals surface area contributed by atoms with Crippen molar-refractivity contribution in [2.75, 3.05) is 18.0 Å². The Morgan fingerprint density at radius 2 is 1.87 bits per heavy atom. The Kier molecular flexibility index (Phi) is 4.09. The van der Waals surface area contributed by atoms with E-state index in [1.807, 2.05) is 0 Å². The molecule has 1 aromatic carbocycles. The smallest absolute Gasteiger partial charge is 0.0418 e. The van der Waals surface area contributed by atoms with Gasteiger partial charge in [0.25, 0.3) is 0 Å². The number of hydrogen-bond donors (Lipinski definition) is 0. The quantitative estimate of drug-likeness (QED) is 0.728. The van der Waals surface area contributed by atoms with Gasteiger partial charge in [-0.3, -0.25) is 0 Å². The molecule has 0 atom stereocenters. The van der Waals surface area contributed by atoms with Crippen LogP contribution in [0.1, 0.15) is 24.8 Å². The van der Waals surface area contributed by atoms with Gasteiger partial charge < -0.3 is 4.90 Å². The highest BCUT2D eigenvalue weighted by Gasteiger charge is 2.14. The molecule has 0 saturated carbocycles. The van der Waals surface area contributed by atoms with Gasteiger partial charge in [0.05, 0.1) is 0 Å². The van der Waals surface area contributed by atoms with Crippen LogP contribution in [0.2, 0.25) is 0 Å². The average Bonchev–Trinajstić information content (AvgIpc) is 2.30. The number of halogens is 2. The number of benzene rings is 1. The Hall–Kier alpha value is -0.0200. The van der Waals surface area contributed by atoms with Crippen LogP contribution < -0.4 is 4.90 Å². The molecule has 1 saturated heterocycles. The molecule has 0 unspecified atom stereocenters. The molecule has 0 radical (unpaired) electrons. The monoisotopic (exact) mass is 331 g/mol. The fourth-order valence-electron chi connectivity index (χ4n) is 2.08. The van der Waals surface area contributed by atoms with Crippen molar-refractivity contribution in [3.63, 3.8) is 0 Å². The molecule has 0 aromatic heterocycles. The van der Waals surface area contributed by atoms with Crippen LogP contribution in [0, 0.1) is 0 Å². The van der Waals surface area contributed by atoms with Crippen molar-refractivity contribution in [2.24, 2.45) is 0 Å². The molecule has 1 nitrogen and oxygen atoms in total. The third kappa shape index (κ3) is 2.76. The van der Waals surface area contributed by atoms with Gasteiger partial charge in [0, 0.05) is 28.6 Å². The second kappa shape index (κ2) is 5.35. The Balaban J connectivity index is 2.27. The van der Waals surface area contributed by atoms with Crippen LogP contribution in [-0.4, -0.2) is 13.1 Å². The maximum atomic E-state index is 3.56. The number of hydrogen-bond acceptors (Lipinski definition) is 1. The predicted molar refractivity (Wildman–Crippen MR) is 72.8 cm³/mol. The van der Waals surface area contributed by atoms with E-state index >= 15 is 0 Å². The molecule has 2 rings (SSSR count). The van der Waals surface area contributed by atoms with Crippen molar-refractivity contribution >= 4 is 37.5 Å². The first-order chi connectivity index (χ1) is 7.31. The van der Waals surface area contributed by atoms with Crippen molar-refractivity contribution in [3.05, 3.63) is 28.2 Å². The Labute approximate surface area is 108 Å². The van der Waals surface area contributed by atoms with E-state index in [4.69, 9.17) is 0 Å². The fraction of sp³-hybridized carbons (Fsp3) is 0.500. The highest BCUT2D eigenvalue weighted by molar-refractivity contribution is 9.10. The van der Waals surface area contributed by atoms with Crippen molar-refractivity contribution in [2.45, 2.75) is 24.6 Å². The number of nitrogens with zero attached hydrogens (tertiary/aromatic N) is 1. The van der Waals surface area contributed by atoms with Gasteiger partial charge in [0.15, 0.2) is 0 Å². The molecular weight excluding hydrogens is 318 g/mol. The predicted octanol–water partition coefficient (Wildman–Crippen LogP) is 4.33. The van der Waals surface area contributed by atoms with Crippen molar-refractivity contribution in [1.29, 1.82) is 0 Å². The van der Waals surface area contributed by atoms with E-state index in [1.165, 1.54) is 48.1 Å². The molecule has 1 aromatic rings. The van der Waals surface area contributed by atoms with Gasteiger partial charge in [0.2, 0.25) is 0 Å². The topological polar surface area (TPSA) is 3.24 Å². The summed E-state index contributed by atoms with van der Waals surface area (Å²) in [5.41, 5.74) is 2.78. The van der Waals surface area contributed by atoms with Crippen molar-refractivity contribution in [3.8, 4) is 0 Å². The largest absolute Gasteiger partial charge is 0.371 e. The number of anilines is 1. The first kappa shape index (κ1) is 11.5. The summed E-state index contributed by atoms with van der Waals surface area (Å²) in [6.45, 7) is 2.41. The number of alkyl halides is 1. The van der Waals surface area contributed by atoms with E-state index in [2.05, 4.69) is 55.0 Å². The molecule has 1 aliphatic rings. The number of piperidine rings is 1. The lowest BCUT2D eigenvalue weighted by Gasteiger charge is -2.30. The standard InChI is InChI=1S/C12H15Br2N/c13-9-10-4-5-11(14)8-12(10)15-6-2-1-3-7-15/h4-5,8H,1-3,6-7,9H2. The van der Waals surface area contributed by atoms with Crippen molar-refractivity contribution < 1.29 is 0 Å². The summed E-state index contributed by atoms with van der Waals surface area (Å²) in [7, 11) is 0. The zero-order valence-electron chi connectivity index (χ0n) is 8.68. The third-order valence-electron chi connectivity index (χ3n) is 2.89. The van der Waals surface area contributed by atoms with Crippen LogP contribution in [-0.2, 0) is 5.33 Å². The second-order valence-electron chi connectivity index (χ2n) is 3.95. The van der Waals surface area contributed by atoms with Gasteiger partial charge >= 0.3 is 0 Å². The highest BCUT2D eigenvalue weighted by atomic mass is 79.9. The molecule has 1 heterocycles. The summed E-state index contributed by atoms with van der Waals surface area (Å²) in [4.78, 5) is 2.50. The third-order valence-corrected chi connectivity index (χ3v) is 3.99. The lowest BCUT2D eigenvalue weighted by Crippen LogP contribution is -2.30. The SMILES string of the molecule is BrCc1ccc(Br)cc1N1CCCCC1. The number of rotatable bonds is 2. The Morgan fingerprint density at radius 1 is 1.13 bits per heavy atom. The van der Waals surface area contributed by atoms with Gasteiger partial charge in [-0.1, -0.05) is 37.9 Å². The summed E-state index contributed by atoms with van der Waals surface area (Å²) in [6.07, 6.45) is 4.04. The minimum atomic E-state index is 0.937. The van der Waals surface area contributed by atoms with Gasteiger partial charge in [0.1, 0.15) is 0 Å². The fourth-order valence-corrected chi connectivity index (χ4v) is 2.90. The molecule has 3 heteroatoms. The molecule has 0 N–H and O–H groups in total. The summed E-state index contributed by atoms with van der Waals surface area (Å²) in [5, 5.41) is 0.937. The molecule has 15 heavy (non-hydrogen) atoms. The molecule has 82 valence electrons. The Bertz CT molecular complexity index is 332. The second-order valence-corrected chi connectivity index (χ2v) is 5.43. The molecule has 0 aliphatic carbocycles. The minimum Gasteiger partial charge on any atom is -0.371 e. The average molecular weight is 333 g/mol. The van der Waals surface area contributed by atoms with Crippen LogP contribution in [0.25, 0.3) is 0 Å². The van der Waals surface area contributed by atoms with E-state index in [1.54, 1.807) is 0 Å².